The Hall–Kier alpha value is -3.18. The maximum atomic E-state index is 15.4. The molecule has 0 saturated carbocycles. The first-order chi connectivity index (χ1) is 17.1. The number of nitrogens with two attached hydrogens (primary N) is 1. The molecule has 0 unspecified atom stereocenters. The second-order valence-electron chi connectivity index (χ2n) is 9.50. The zero-order chi connectivity index (χ0) is 26.1. The number of amides is 1. The number of carboxylic acid groups (broad SMARTS) is 1. The first kappa shape index (κ1) is 28.4. The molecule has 0 aliphatic carbocycles. The lowest BCUT2D eigenvalue weighted by atomic mass is 9.93. The minimum absolute atomic E-state index is 0. The average Bonchev–Trinajstić information content (AvgIpc) is 2.83. The third kappa shape index (κ3) is 5.57. The number of hydrogen-bond acceptors (Lipinski definition) is 7. The Morgan fingerprint density at radius 1 is 1.27 bits per heavy atom. The fourth-order valence-corrected chi connectivity index (χ4v) is 5.10. The number of aromatic carboxylic acids is 1. The molecule has 4 N–H and O–H groups in total. The number of hydrogen-bond donors (Lipinski definition) is 3. The van der Waals surface area contributed by atoms with Gasteiger partial charge in [0.25, 0.3) is 0 Å². The summed E-state index contributed by atoms with van der Waals surface area (Å²) in [6.07, 6.45) is 3.33. The summed E-state index contributed by atoms with van der Waals surface area (Å²) in [6.45, 7) is 4.57. The highest BCUT2D eigenvalue weighted by Gasteiger charge is 2.31. The number of aromatic nitrogens is 1. The molecule has 2 aromatic rings. The van der Waals surface area contributed by atoms with Gasteiger partial charge in [-0.3, -0.25) is 9.59 Å². The van der Waals surface area contributed by atoms with E-state index < -0.39 is 29.2 Å². The Kier molecular flexibility index (Phi) is 8.80. The standard InChI is InChI=1S/C25H31FN4O6.ClH/c1-13-3-4-16-21-17(23(32)18(24(33)34)12-30(13)21)11-19(26)22(16)29-9-6-15(7-10-29)36-25(35)14(2)28-20(31)5-8-27;/h11-15H,3-10,27H2,1-2H3,(H,28,31)(H,33,34);1H/t13-,14-;/m0./s1. The minimum Gasteiger partial charge on any atom is -0.477 e. The minimum atomic E-state index is -1.33. The number of piperidine rings is 1. The normalized spacial score (nSPS) is 18.2. The molecule has 37 heavy (non-hydrogen) atoms. The number of nitrogens with zero attached hydrogens (tertiary/aromatic N) is 2. The summed E-state index contributed by atoms with van der Waals surface area (Å²) in [5.74, 6) is -2.75. The van der Waals surface area contributed by atoms with Crippen LogP contribution in [0.3, 0.4) is 0 Å². The second-order valence-corrected chi connectivity index (χ2v) is 9.50. The molecular weight excluding hydrogens is 507 g/mol. The number of pyridine rings is 1. The van der Waals surface area contributed by atoms with Crippen LogP contribution in [-0.4, -0.2) is 59.3 Å². The number of benzene rings is 1. The fraction of sp³-hybridized carbons (Fsp3) is 0.520. The lowest BCUT2D eigenvalue weighted by Crippen LogP contribution is -2.44. The van der Waals surface area contributed by atoms with E-state index in [-0.39, 0.29) is 54.4 Å². The molecule has 1 amide bonds. The van der Waals surface area contributed by atoms with Crippen molar-refractivity contribution in [2.75, 3.05) is 24.5 Å². The topological polar surface area (TPSA) is 144 Å². The molecule has 202 valence electrons. The van der Waals surface area contributed by atoms with Crippen molar-refractivity contribution in [3.05, 3.63) is 39.4 Å². The van der Waals surface area contributed by atoms with Crippen LogP contribution in [-0.2, 0) is 20.7 Å². The van der Waals surface area contributed by atoms with E-state index in [4.69, 9.17) is 10.5 Å². The van der Waals surface area contributed by atoms with Crippen molar-refractivity contribution >= 4 is 46.8 Å². The molecule has 0 spiro atoms. The van der Waals surface area contributed by atoms with Crippen molar-refractivity contribution in [1.82, 2.24) is 9.88 Å². The first-order valence-electron chi connectivity index (χ1n) is 12.2. The number of halogens is 2. The van der Waals surface area contributed by atoms with Gasteiger partial charge in [-0.05, 0) is 32.8 Å². The molecule has 4 rings (SSSR count). The van der Waals surface area contributed by atoms with Crippen LogP contribution in [0.15, 0.2) is 17.1 Å². The number of ether oxygens (including phenoxy) is 1. The highest BCUT2D eigenvalue weighted by molar-refractivity contribution is 5.95. The van der Waals surface area contributed by atoms with Crippen molar-refractivity contribution in [3.63, 3.8) is 0 Å². The number of carboxylic acids is 1. The van der Waals surface area contributed by atoms with Gasteiger partial charge in [-0.25, -0.2) is 14.0 Å². The lowest BCUT2D eigenvalue weighted by molar-refractivity contribution is -0.153. The van der Waals surface area contributed by atoms with Gasteiger partial charge in [-0.2, -0.15) is 0 Å². The van der Waals surface area contributed by atoms with E-state index in [9.17, 15) is 24.3 Å². The zero-order valence-electron chi connectivity index (χ0n) is 20.8. The van der Waals surface area contributed by atoms with Crippen LogP contribution in [0.5, 0.6) is 0 Å². The molecule has 2 aliphatic rings. The summed E-state index contributed by atoms with van der Waals surface area (Å²) < 4.78 is 22.8. The molecule has 10 nitrogen and oxygen atoms in total. The Balaban J connectivity index is 0.00000380. The molecule has 3 heterocycles. The van der Waals surface area contributed by atoms with E-state index in [1.54, 1.807) is 11.5 Å². The largest absolute Gasteiger partial charge is 0.477 e. The Morgan fingerprint density at radius 2 is 1.95 bits per heavy atom. The predicted octanol–water partition coefficient (Wildman–Crippen LogP) is 2.13. The third-order valence-corrected chi connectivity index (χ3v) is 7.00. The summed E-state index contributed by atoms with van der Waals surface area (Å²) in [6, 6.07) is 0.323. The molecule has 12 heteroatoms. The van der Waals surface area contributed by atoms with Crippen molar-refractivity contribution in [2.45, 2.75) is 64.1 Å². The van der Waals surface area contributed by atoms with Gasteiger partial charge < -0.3 is 30.4 Å². The maximum Gasteiger partial charge on any atom is 0.341 e. The van der Waals surface area contributed by atoms with E-state index in [0.29, 0.717) is 55.5 Å². The SMILES string of the molecule is C[C@H](NC(=O)CCN)C(=O)OC1CCN(c2c(F)cc3c(=O)c(C(=O)O)cn4c3c2CC[C@@H]4C)CC1.Cl. The van der Waals surface area contributed by atoms with E-state index in [2.05, 4.69) is 5.32 Å². The number of aryl methyl sites for hydroxylation is 1. The number of rotatable bonds is 7. The quantitative estimate of drug-likeness (QED) is 0.455. The van der Waals surface area contributed by atoms with Crippen LogP contribution in [0.2, 0.25) is 0 Å². The summed E-state index contributed by atoms with van der Waals surface area (Å²) in [5.41, 5.74) is 5.98. The van der Waals surface area contributed by atoms with Gasteiger partial charge in [0.2, 0.25) is 11.3 Å². The van der Waals surface area contributed by atoms with Gasteiger partial charge in [0, 0.05) is 62.1 Å². The maximum absolute atomic E-state index is 15.4. The Morgan fingerprint density at radius 3 is 2.57 bits per heavy atom. The summed E-state index contributed by atoms with van der Waals surface area (Å²) >= 11 is 0. The molecule has 1 aromatic carbocycles. The number of carbonyl (C=O) groups is 3. The molecule has 2 aliphatic heterocycles. The lowest BCUT2D eigenvalue weighted by Gasteiger charge is -2.37. The molecule has 0 radical (unpaired) electrons. The van der Waals surface area contributed by atoms with Gasteiger partial charge in [0.1, 0.15) is 23.5 Å². The zero-order valence-corrected chi connectivity index (χ0v) is 21.6. The van der Waals surface area contributed by atoms with E-state index in [0.717, 1.165) is 6.07 Å². The van der Waals surface area contributed by atoms with Crippen molar-refractivity contribution < 1.29 is 28.6 Å². The third-order valence-electron chi connectivity index (χ3n) is 7.00. The fourth-order valence-electron chi connectivity index (χ4n) is 5.10. The van der Waals surface area contributed by atoms with Gasteiger partial charge in [0.05, 0.1) is 11.2 Å². The number of carbonyl (C=O) groups excluding carboxylic acids is 2. The van der Waals surface area contributed by atoms with Crippen molar-refractivity contribution in [3.8, 4) is 0 Å². The van der Waals surface area contributed by atoms with Crippen LogP contribution >= 0.6 is 12.4 Å². The van der Waals surface area contributed by atoms with Crippen LogP contribution in [0.1, 0.15) is 61.5 Å². The predicted molar refractivity (Wildman–Crippen MR) is 138 cm³/mol. The van der Waals surface area contributed by atoms with Gasteiger partial charge in [-0.1, -0.05) is 0 Å². The van der Waals surface area contributed by atoms with Crippen LogP contribution in [0.4, 0.5) is 10.1 Å². The Bertz CT molecular complexity index is 1270. The first-order valence-corrected chi connectivity index (χ1v) is 12.2. The van der Waals surface area contributed by atoms with E-state index in [1.807, 2.05) is 11.8 Å². The van der Waals surface area contributed by atoms with Crippen LogP contribution < -0.4 is 21.4 Å². The van der Waals surface area contributed by atoms with Crippen molar-refractivity contribution in [1.29, 1.82) is 0 Å². The van der Waals surface area contributed by atoms with E-state index in [1.165, 1.54) is 6.20 Å². The average molecular weight is 539 g/mol. The number of esters is 1. The monoisotopic (exact) mass is 538 g/mol. The number of nitrogens with one attached hydrogen (secondary N) is 1. The summed E-state index contributed by atoms with van der Waals surface area (Å²) in [7, 11) is 0. The van der Waals surface area contributed by atoms with Crippen LogP contribution in [0.25, 0.3) is 10.9 Å². The molecule has 1 saturated heterocycles. The highest BCUT2D eigenvalue weighted by Crippen LogP contribution is 2.39. The van der Waals surface area contributed by atoms with Crippen LogP contribution in [0, 0.1) is 5.82 Å². The molecule has 0 bridgehead atoms. The smallest absolute Gasteiger partial charge is 0.341 e. The van der Waals surface area contributed by atoms with Crippen molar-refractivity contribution in [2.24, 2.45) is 5.73 Å². The van der Waals surface area contributed by atoms with Gasteiger partial charge in [0.15, 0.2) is 0 Å². The summed E-state index contributed by atoms with van der Waals surface area (Å²) in [5, 5.41) is 12.1. The van der Waals surface area contributed by atoms with Gasteiger partial charge in [-0.15, -0.1) is 12.4 Å². The summed E-state index contributed by atoms with van der Waals surface area (Å²) in [4.78, 5) is 50.3. The van der Waals surface area contributed by atoms with E-state index >= 15 is 4.39 Å². The molecule has 1 aromatic heterocycles. The second kappa shape index (κ2) is 11.5. The molecular formula is C25H32ClFN4O6. The molecule has 1 fully saturated rings. The Labute approximate surface area is 219 Å². The highest BCUT2D eigenvalue weighted by atomic mass is 35.5. The molecule has 2 atom stereocenters. The van der Waals surface area contributed by atoms with Gasteiger partial charge >= 0.3 is 11.9 Å². The number of anilines is 1.